The van der Waals surface area contributed by atoms with Gasteiger partial charge < -0.3 is 5.32 Å². The zero-order valence-corrected chi connectivity index (χ0v) is 15.7. The van der Waals surface area contributed by atoms with Crippen molar-refractivity contribution in [1.29, 1.82) is 5.26 Å². The summed E-state index contributed by atoms with van der Waals surface area (Å²) in [5.74, 6) is -0.579. The number of hydrogen-bond donors (Lipinski definition) is 2. The quantitative estimate of drug-likeness (QED) is 0.518. The second kappa shape index (κ2) is 9.11. The Bertz CT molecular complexity index is 1090. The van der Waals surface area contributed by atoms with Crippen molar-refractivity contribution in [3.05, 3.63) is 101 Å². The number of aryl methyl sites for hydroxylation is 1. The fourth-order valence-corrected chi connectivity index (χ4v) is 2.57. The molecule has 0 unspecified atom stereocenters. The van der Waals surface area contributed by atoms with Crippen LogP contribution in [0.3, 0.4) is 0 Å². The average molecular weight is 382 g/mol. The summed E-state index contributed by atoms with van der Waals surface area (Å²) in [5, 5.41) is 15.5. The highest BCUT2D eigenvalue weighted by Crippen LogP contribution is 2.12. The van der Waals surface area contributed by atoms with Crippen molar-refractivity contribution < 1.29 is 9.59 Å². The van der Waals surface area contributed by atoms with Crippen LogP contribution >= 0.6 is 0 Å². The number of hydrazone groups is 1. The highest BCUT2D eigenvalue weighted by atomic mass is 16.2. The van der Waals surface area contributed by atoms with Gasteiger partial charge in [-0.2, -0.15) is 10.4 Å². The van der Waals surface area contributed by atoms with Gasteiger partial charge in [0.05, 0.1) is 17.8 Å². The summed E-state index contributed by atoms with van der Waals surface area (Å²) < 4.78 is 0. The molecule has 29 heavy (non-hydrogen) atoms. The fraction of sp³-hybridized carbons (Fsp3) is 0.0435. The van der Waals surface area contributed by atoms with E-state index in [9.17, 15) is 9.59 Å². The molecule has 0 saturated heterocycles. The van der Waals surface area contributed by atoms with Crippen LogP contribution in [0.5, 0.6) is 0 Å². The molecule has 3 aromatic rings. The molecule has 6 heteroatoms. The smallest absolute Gasteiger partial charge is 0.271 e. The molecule has 142 valence electrons. The molecule has 3 aromatic carbocycles. The van der Waals surface area contributed by atoms with Crippen molar-refractivity contribution in [2.45, 2.75) is 6.92 Å². The van der Waals surface area contributed by atoms with Crippen molar-refractivity contribution in [3.8, 4) is 6.07 Å². The molecule has 0 aromatic heterocycles. The summed E-state index contributed by atoms with van der Waals surface area (Å²) in [5.41, 5.74) is 6.35. The number of carbonyl (C=O) groups excluding carboxylic acids is 2. The largest absolute Gasteiger partial charge is 0.322 e. The Kier molecular flexibility index (Phi) is 6.13. The molecule has 0 aliphatic carbocycles. The number of carbonyl (C=O) groups is 2. The van der Waals surface area contributed by atoms with Crippen LogP contribution < -0.4 is 10.7 Å². The first-order valence-electron chi connectivity index (χ1n) is 8.87. The number of nitrogens with one attached hydrogen (secondary N) is 2. The van der Waals surface area contributed by atoms with Gasteiger partial charge in [-0.25, -0.2) is 5.43 Å². The summed E-state index contributed by atoms with van der Waals surface area (Å²) in [6.45, 7) is 1.92. The first-order chi connectivity index (χ1) is 14.0. The van der Waals surface area contributed by atoms with Crippen LogP contribution in [0.1, 0.15) is 37.4 Å². The van der Waals surface area contributed by atoms with Crippen molar-refractivity contribution in [3.63, 3.8) is 0 Å². The van der Waals surface area contributed by atoms with Gasteiger partial charge >= 0.3 is 0 Å². The van der Waals surface area contributed by atoms with Crippen molar-refractivity contribution >= 4 is 23.7 Å². The normalized spacial score (nSPS) is 10.3. The van der Waals surface area contributed by atoms with E-state index in [0.29, 0.717) is 22.4 Å². The Balaban J connectivity index is 1.57. The zero-order chi connectivity index (χ0) is 20.6. The maximum atomic E-state index is 12.3. The molecule has 2 amide bonds. The van der Waals surface area contributed by atoms with Crippen molar-refractivity contribution in [2.24, 2.45) is 5.10 Å². The minimum atomic E-state index is -0.369. The Labute approximate surface area is 168 Å². The fourth-order valence-electron chi connectivity index (χ4n) is 2.57. The van der Waals surface area contributed by atoms with Gasteiger partial charge in [-0.3, -0.25) is 9.59 Å². The first-order valence-corrected chi connectivity index (χ1v) is 8.87. The minimum absolute atomic E-state index is 0.210. The number of anilines is 1. The Hall–Kier alpha value is -4.24. The van der Waals surface area contributed by atoms with Gasteiger partial charge in [0.2, 0.25) is 0 Å². The second-order valence-corrected chi connectivity index (χ2v) is 6.33. The van der Waals surface area contributed by atoms with Crippen LogP contribution in [0.15, 0.2) is 77.9 Å². The second-order valence-electron chi connectivity index (χ2n) is 6.33. The van der Waals surface area contributed by atoms with Crippen LogP contribution in [0.4, 0.5) is 5.69 Å². The summed E-state index contributed by atoms with van der Waals surface area (Å²) >= 11 is 0. The average Bonchev–Trinajstić information content (AvgIpc) is 2.74. The molecule has 0 aliphatic rings. The van der Waals surface area contributed by atoms with Gasteiger partial charge in [0, 0.05) is 16.8 Å². The molecule has 0 bridgehead atoms. The molecule has 0 heterocycles. The van der Waals surface area contributed by atoms with Gasteiger partial charge in [-0.1, -0.05) is 29.8 Å². The van der Waals surface area contributed by atoms with Crippen LogP contribution in [-0.2, 0) is 0 Å². The number of benzene rings is 3. The monoisotopic (exact) mass is 382 g/mol. The van der Waals surface area contributed by atoms with Gasteiger partial charge in [-0.15, -0.1) is 0 Å². The van der Waals surface area contributed by atoms with Gasteiger partial charge in [0.15, 0.2) is 0 Å². The molecule has 0 atom stereocenters. The summed E-state index contributed by atoms with van der Waals surface area (Å²) in [4.78, 5) is 24.4. The van der Waals surface area contributed by atoms with E-state index >= 15 is 0 Å². The molecular weight excluding hydrogens is 364 g/mol. The van der Waals surface area contributed by atoms with Crippen LogP contribution in [0.25, 0.3) is 0 Å². The van der Waals surface area contributed by atoms with E-state index in [4.69, 9.17) is 5.26 Å². The Morgan fingerprint density at radius 2 is 1.66 bits per heavy atom. The minimum Gasteiger partial charge on any atom is -0.322 e. The maximum Gasteiger partial charge on any atom is 0.271 e. The topological polar surface area (TPSA) is 94.3 Å². The number of nitriles is 1. The van der Waals surface area contributed by atoms with Gasteiger partial charge in [-0.05, 0) is 61.0 Å². The zero-order valence-electron chi connectivity index (χ0n) is 15.7. The number of rotatable bonds is 5. The Morgan fingerprint density at radius 3 is 2.31 bits per heavy atom. The lowest BCUT2D eigenvalue weighted by Crippen LogP contribution is -2.17. The van der Waals surface area contributed by atoms with Crippen molar-refractivity contribution in [2.75, 3.05) is 5.32 Å². The molecule has 3 rings (SSSR count). The molecule has 2 N–H and O–H groups in total. The standard InChI is InChI=1S/C23H18N4O2/c1-16-3-2-4-20(13-16)22(28)26-21-11-9-19(10-12-21)23(29)27-25-15-18-7-5-17(14-24)6-8-18/h2-13,15H,1H3,(H,26,28)(H,27,29)/b25-15+. The van der Waals surface area contributed by atoms with E-state index < -0.39 is 0 Å². The lowest BCUT2D eigenvalue weighted by atomic mass is 10.1. The molecule has 6 nitrogen and oxygen atoms in total. The third kappa shape index (κ3) is 5.37. The van der Waals surface area contributed by atoms with E-state index in [0.717, 1.165) is 11.1 Å². The lowest BCUT2D eigenvalue weighted by molar-refractivity contribution is 0.0954. The third-order valence-corrected chi connectivity index (χ3v) is 4.10. The molecule has 0 fully saturated rings. The van der Waals surface area contributed by atoms with E-state index in [1.54, 1.807) is 54.6 Å². The highest BCUT2D eigenvalue weighted by molar-refractivity contribution is 6.04. The predicted molar refractivity (Wildman–Crippen MR) is 112 cm³/mol. The summed E-state index contributed by atoms with van der Waals surface area (Å²) in [6, 6.07) is 22.7. The van der Waals surface area contributed by atoms with Crippen LogP contribution in [0, 0.1) is 18.3 Å². The molecule has 0 radical (unpaired) electrons. The molecule has 0 saturated carbocycles. The van der Waals surface area contributed by atoms with E-state index in [1.165, 1.54) is 6.21 Å². The maximum absolute atomic E-state index is 12.3. The summed E-state index contributed by atoms with van der Waals surface area (Å²) in [7, 11) is 0. The number of amides is 2. The summed E-state index contributed by atoms with van der Waals surface area (Å²) in [6.07, 6.45) is 1.50. The molecular formula is C23H18N4O2. The van der Waals surface area contributed by atoms with Gasteiger partial charge in [0.25, 0.3) is 11.8 Å². The predicted octanol–water partition coefficient (Wildman–Crippen LogP) is 3.88. The number of hydrogen-bond acceptors (Lipinski definition) is 4. The number of nitrogens with zero attached hydrogens (tertiary/aromatic N) is 2. The highest BCUT2D eigenvalue weighted by Gasteiger charge is 2.08. The van der Waals surface area contributed by atoms with E-state index in [1.807, 2.05) is 31.2 Å². The van der Waals surface area contributed by atoms with Crippen LogP contribution in [-0.4, -0.2) is 18.0 Å². The molecule has 0 spiro atoms. The third-order valence-electron chi connectivity index (χ3n) is 4.10. The van der Waals surface area contributed by atoms with Crippen LogP contribution in [0.2, 0.25) is 0 Å². The lowest BCUT2D eigenvalue weighted by Gasteiger charge is -2.07. The Morgan fingerprint density at radius 1 is 0.931 bits per heavy atom. The first kappa shape index (κ1) is 19.5. The van der Waals surface area contributed by atoms with Crippen molar-refractivity contribution in [1.82, 2.24) is 5.43 Å². The van der Waals surface area contributed by atoms with E-state index in [2.05, 4.69) is 15.8 Å². The van der Waals surface area contributed by atoms with Gasteiger partial charge in [0.1, 0.15) is 0 Å². The molecule has 0 aliphatic heterocycles. The SMILES string of the molecule is Cc1cccc(C(=O)Nc2ccc(C(=O)N/N=C/c3ccc(C#N)cc3)cc2)c1. The van der Waals surface area contributed by atoms with E-state index in [-0.39, 0.29) is 11.8 Å².